The van der Waals surface area contributed by atoms with Crippen LogP contribution in [0.5, 0.6) is 0 Å². The first-order valence-electron chi connectivity index (χ1n) is 7.32. The van der Waals surface area contributed by atoms with Gasteiger partial charge in [0.15, 0.2) is 0 Å². The lowest BCUT2D eigenvalue weighted by molar-refractivity contribution is 0.257. The van der Waals surface area contributed by atoms with Crippen LogP contribution in [0.4, 0.5) is 0 Å². The molecule has 1 saturated carbocycles. The number of piperidine rings is 1. The molecule has 0 radical (unpaired) electrons. The fourth-order valence-corrected chi connectivity index (χ4v) is 5.85. The Morgan fingerprint density at radius 2 is 1.95 bits per heavy atom. The first-order valence-corrected chi connectivity index (χ1v) is 9.89. The minimum Gasteiger partial charge on any atom is -0.195 e. The van der Waals surface area contributed by atoms with Crippen LogP contribution in [0.1, 0.15) is 51.9 Å². The van der Waals surface area contributed by atoms with Crippen molar-refractivity contribution in [3.63, 3.8) is 0 Å². The van der Waals surface area contributed by atoms with Crippen molar-refractivity contribution in [1.29, 1.82) is 0 Å². The molecule has 1 aliphatic carbocycles. The summed E-state index contributed by atoms with van der Waals surface area (Å²) in [5.74, 6) is 0.469. The number of nitrogens with zero attached hydrogens (tertiary/aromatic N) is 1. The Kier molecular flexibility index (Phi) is 5.31. The van der Waals surface area contributed by atoms with Gasteiger partial charge in [0.2, 0.25) is 0 Å². The molecule has 0 bridgehead atoms. The maximum absolute atomic E-state index is 12.6. The van der Waals surface area contributed by atoms with Crippen molar-refractivity contribution in [2.24, 2.45) is 5.92 Å². The van der Waals surface area contributed by atoms with Crippen LogP contribution in [-0.2, 0) is 10.2 Å². The molecule has 19 heavy (non-hydrogen) atoms. The molecule has 2 fully saturated rings. The van der Waals surface area contributed by atoms with Crippen LogP contribution >= 0.6 is 15.9 Å². The van der Waals surface area contributed by atoms with Gasteiger partial charge in [-0.15, -0.1) is 0 Å². The van der Waals surface area contributed by atoms with E-state index in [0.29, 0.717) is 24.3 Å². The normalized spacial score (nSPS) is 29.3. The van der Waals surface area contributed by atoms with Crippen molar-refractivity contribution in [2.75, 3.05) is 18.4 Å². The van der Waals surface area contributed by atoms with Gasteiger partial charge in [0.05, 0.1) is 0 Å². The molecule has 112 valence electrons. The number of rotatable bonds is 4. The van der Waals surface area contributed by atoms with E-state index in [-0.39, 0.29) is 5.54 Å². The lowest BCUT2D eigenvalue weighted by atomic mass is 9.84. The number of hydrogen-bond donors (Lipinski definition) is 1. The summed E-state index contributed by atoms with van der Waals surface area (Å²) in [6.07, 6.45) is 7.45. The maximum Gasteiger partial charge on any atom is 0.279 e. The number of halogens is 1. The predicted molar refractivity (Wildman–Crippen MR) is 81.6 cm³/mol. The van der Waals surface area contributed by atoms with Crippen LogP contribution < -0.4 is 4.72 Å². The molecule has 0 aromatic heterocycles. The second-order valence-electron chi connectivity index (χ2n) is 6.19. The average Bonchev–Trinajstić information content (AvgIpc) is 2.39. The van der Waals surface area contributed by atoms with E-state index in [1.54, 1.807) is 4.31 Å². The highest BCUT2D eigenvalue weighted by molar-refractivity contribution is 9.09. The Balaban J connectivity index is 2.06. The molecule has 4 nitrogen and oxygen atoms in total. The molecule has 2 aliphatic rings. The molecular weight excluding hydrogens is 328 g/mol. The quantitative estimate of drug-likeness (QED) is 0.790. The van der Waals surface area contributed by atoms with Crippen LogP contribution in [0.3, 0.4) is 0 Å². The smallest absolute Gasteiger partial charge is 0.195 e. The molecule has 0 aromatic rings. The van der Waals surface area contributed by atoms with Gasteiger partial charge in [0, 0.05) is 24.0 Å². The maximum atomic E-state index is 12.6. The Hall–Kier alpha value is 0.350. The second-order valence-corrected chi connectivity index (χ2v) is 8.42. The molecule has 0 spiro atoms. The monoisotopic (exact) mass is 352 g/mol. The van der Waals surface area contributed by atoms with Crippen LogP contribution in [0.15, 0.2) is 0 Å². The third-order valence-electron chi connectivity index (χ3n) is 4.37. The van der Waals surface area contributed by atoms with Crippen LogP contribution in [0, 0.1) is 5.92 Å². The number of alkyl halides is 1. The molecule has 1 unspecified atom stereocenters. The molecule has 1 aliphatic heterocycles. The molecule has 0 amide bonds. The Morgan fingerprint density at radius 1 is 1.26 bits per heavy atom. The largest absolute Gasteiger partial charge is 0.279 e. The van der Waals surface area contributed by atoms with Gasteiger partial charge in [-0.2, -0.15) is 17.4 Å². The van der Waals surface area contributed by atoms with E-state index in [2.05, 4.69) is 27.6 Å². The van der Waals surface area contributed by atoms with E-state index in [4.69, 9.17) is 0 Å². The molecular formula is C13H25BrN2O2S. The number of nitrogens with one attached hydrogen (secondary N) is 1. The van der Waals surface area contributed by atoms with Crippen molar-refractivity contribution >= 4 is 26.1 Å². The molecule has 1 heterocycles. The molecule has 1 atom stereocenters. The van der Waals surface area contributed by atoms with Gasteiger partial charge in [-0.25, -0.2) is 0 Å². The highest BCUT2D eigenvalue weighted by Crippen LogP contribution is 2.31. The number of hydrogen-bond acceptors (Lipinski definition) is 2. The van der Waals surface area contributed by atoms with Crippen molar-refractivity contribution in [2.45, 2.75) is 57.4 Å². The summed E-state index contributed by atoms with van der Waals surface area (Å²) in [6.45, 7) is 3.45. The zero-order valence-electron chi connectivity index (χ0n) is 11.7. The Bertz CT molecular complexity index is 393. The minimum atomic E-state index is -3.33. The highest BCUT2D eigenvalue weighted by atomic mass is 79.9. The van der Waals surface area contributed by atoms with E-state index >= 15 is 0 Å². The van der Waals surface area contributed by atoms with Crippen molar-refractivity contribution < 1.29 is 8.42 Å². The first-order chi connectivity index (χ1) is 8.97. The summed E-state index contributed by atoms with van der Waals surface area (Å²) < 4.78 is 29.8. The third kappa shape index (κ3) is 3.93. The Morgan fingerprint density at radius 3 is 2.53 bits per heavy atom. The SMILES string of the molecule is CC1CCCN(S(=O)(=O)NC2(CBr)CCCCC2)C1. The lowest BCUT2D eigenvalue weighted by Gasteiger charge is -2.39. The summed E-state index contributed by atoms with van der Waals surface area (Å²) in [7, 11) is -3.33. The van der Waals surface area contributed by atoms with Crippen molar-refractivity contribution in [1.82, 2.24) is 9.03 Å². The summed E-state index contributed by atoms with van der Waals surface area (Å²) in [5.41, 5.74) is -0.266. The standard InChI is InChI=1S/C13H25BrN2O2S/c1-12-6-5-9-16(10-12)19(17,18)15-13(11-14)7-3-2-4-8-13/h12,15H,2-11H2,1H3. The van der Waals surface area contributed by atoms with Crippen LogP contribution in [-0.4, -0.2) is 36.7 Å². The van der Waals surface area contributed by atoms with Gasteiger partial charge in [-0.1, -0.05) is 42.1 Å². The van der Waals surface area contributed by atoms with Crippen molar-refractivity contribution in [3.05, 3.63) is 0 Å². The van der Waals surface area contributed by atoms with Gasteiger partial charge in [-0.3, -0.25) is 0 Å². The summed E-state index contributed by atoms with van der Waals surface area (Å²) in [5, 5.41) is 0.711. The van der Waals surface area contributed by atoms with Gasteiger partial charge in [0.25, 0.3) is 10.2 Å². The van der Waals surface area contributed by atoms with Gasteiger partial charge in [-0.05, 0) is 31.6 Å². The molecule has 6 heteroatoms. The summed E-state index contributed by atoms with van der Waals surface area (Å²) in [6, 6.07) is 0. The first kappa shape index (κ1) is 15.7. The fraction of sp³-hybridized carbons (Fsp3) is 1.00. The minimum absolute atomic E-state index is 0.266. The summed E-state index contributed by atoms with van der Waals surface area (Å²) >= 11 is 3.51. The van der Waals surface area contributed by atoms with E-state index < -0.39 is 10.2 Å². The third-order valence-corrected chi connectivity index (χ3v) is 7.15. The molecule has 2 rings (SSSR count). The van der Waals surface area contributed by atoms with Gasteiger partial charge < -0.3 is 0 Å². The second kappa shape index (κ2) is 6.41. The molecule has 0 aromatic carbocycles. The zero-order valence-corrected chi connectivity index (χ0v) is 14.1. The van der Waals surface area contributed by atoms with E-state index in [0.717, 1.165) is 38.5 Å². The van der Waals surface area contributed by atoms with Crippen LogP contribution in [0.25, 0.3) is 0 Å². The lowest BCUT2D eigenvalue weighted by Crippen LogP contribution is -2.56. The van der Waals surface area contributed by atoms with E-state index in [9.17, 15) is 8.42 Å². The van der Waals surface area contributed by atoms with Gasteiger partial charge in [0.1, 0.15) is 0 Å². The van der Waals surface area contributed by atoms with Crippen LogP contribution in [0.2, 0.25) is 0 Å². The van der Waals surface area contributed by atoms with Gasteiger partial charge >= 0.3 is 0 Å². The zero-order chi connectivity index (χ0) is 13.9. The van der Waals surface area contributed by atoms with E-state index in [1.165, 1.54) is 6.42 Å². The van der Waals surface area contributed by atoms with Crippen molar-refractivity contribution in [3.8, 4) is 0 Å². The Labute approximate surface area is 125 Å². The fourth-order valence-electron chi connectivity index (χ4n) is 3.19. The highest BCUT2D eigenvalue weighted by Gasteiger charge is 2.38. The average molecular weight is 353 g/mol. The predicted octanol–water partition coefficient (Wildman–Crippen LogP) is 2.65. The summed E-state index contributed by atoms with van der Waals surface area (Å²) in [4.78, 5) is 0. The van der Waals surface area contributed by atoms with E-state index in [1.807, 2.05) is 0 Å². The molecule has 1 saturated heterocycles. The topological polar surface area (TPSA) is 49.4 Å². The molecule has 1 N–H and O–H groups in total.